The molecule has 0 aliphatic carbocycles. The minimum Gasteiger partial charge on any atom is -0.493 e. The van der Waals surface area contributed by atoms with Gasteiger partial charge in [0.1, 0.15) is 4.32 Å². The van der Waals surface area contributed by atoms with E-state index in [4.69, 9.17) is 21.7 Å². The molecule has 28 heavy (non-hydrogen) atoms. The third kappa shape index (κ3) is 3.50. The van der Waals surface area contributed by atoms with Crippen LogP contribution in [0, 0.1) is 0 Å². The molecule has 2 N–H and O–H groups in total. The van der Waals surface area contributed by atoms with E-state index in [1.165, 1.54) is 11.8 Å². The molecule has 0 atom stereocenters. The molecule has 1 fully saturated rings. The van der Waals surface area contributed by atoms with Crippen LogP contribution in [0.1, 0.15) is 12.5 Å². The number of rotatable bonds is 5. The number of ether oxygens (including phenoxy) is 2. The lowest BCUT2D eigenvalue weighted by molar-refractivity contribution is -0.115. The van der Waals surface area contributed by atoms with E-state index < -0.39 is 0 Å². The quantitative estimate of drug-likeness (QED) is 0.470. The molecule has 0 bridgehead atoms. The topological polar surface area (TPSA) is 63.4 Å². The molecule has 0 unspecified atom stereocenters. The van der Waals surface area contributed by atoms with E-state index in [2.05, 4.69) is 16.4 Å². The standard InChI is InChI=1S/C21H18N2O3S2/c1-3-26-19-15(13-4-5-16-14(11-13)6-7-22-16)8-12(9-17(19)25-2)10-18-20(24)23-21(27)28-18/h4-11,22H,3H2,1-2H3,(H,23,24,27). The van der Waals surface area contributed by atoms with Gasteiger partial charge in [-0.3, -0.25) is 4.79 Å². The van der Waals surface area contributed by atoms with Crippen LogP contribution in [0.2, 0.25) is 0 Å². The van der Waals surface area contributed by atoms with E-state index in [-0.39, 0.29) is 5.91 Å². The number of aromatic amines is 1. The lowest BCUT2D eigenvalue weighted by Gasteiger charge is -2.16. The normalized spacial score (nSPS) is 15.3. The Labute approximate surface area is 172 Å². The van der Waals surface area contributed by atoms with Crippen LogP contribution in [0.15, 0.2) is 47.5 Å². The van der Waals surface area contributed by atoms with Gasteiger partial charge in [0.15, 0.2) is 11.5 Å². The predicted octanol–water partition coefficient (Wildman–Crippen LogP) is 4.73. The summed E-state index contributed by atoms with van der Waals surface area (Å²) in [5, 5.41) is 3.75. The molecule has 2 aromatic carbocycles. The summed E-state index contributed by atoms with van der Waals surface area (Å²) in [5.74, 6) is 1.12. The molecule has 7 heteroatoms. The van der Waals surface area contributed by atoms with Gasteiger partial charge in [-0.1, -0.05) is 30.0 Å². The van der Waals surface area contributed by atoms with Crippen molar-refractivity contribution in [3.8, 4) is 22.6 Å². The fraction of sp³-hybridized carbons (Fsp3) is 0.143. The van der Waals surface area contributed by atoms with Crippen LogP contribution >= 0.6 is 24.0 Å². The Morgan fingerprint density at radius 3 is 2.79 bits per heavy atom. The van der Waals surface area contributed by atoms with E-state index in [1.54, 1.807) is 7.11 Å². The molecule has 5 nitrogen and oxygen atoms in total. The van der Waals surface area contributed by atoms with Crippen molar-refractivity contribution in [2.24, 2.45) is 0 Å². The van der Waals surface area contributed by atoms with Gasteiger partial charge in [0.05, 0.1) is 18.6 Å². The van der Waals surface area contributed by atoms with Crippen molar-refractivity contribution in [1.82, 2.24) is 10.3 Å². The Hall–Kier alpha value is -2.77. The fourth-order valence-corrected chi connectivity index (χ4v) is 4.20. The Morgan fingerprint density at radius 1 is 1.21 bits per heavy atom. The first-order valence-corrected chi connectivity index (χ1v) is 9.98. The average Bonchev–Trinajstić information content (AvgIpc) is 3.27. The van der Waals surface area contributed by atoms with Gasteiger partial charge in [-0.25, -0.2) is 0 Å². The molecule has 1 aliphatic rings. The van der Waals surface area contributed by atoms with Gasteiger partial charge in [0.25, 0.3) is 5.91 Å². The van der Waals surface area contributed by atoms with Crippen LogP contribution in [0.5, 0.6) is 11.5 Å². The van der Waals surface area contributed by atoms with Crippen molar-refractivity contribution in [3.05, 3.63) is 53.1 Å². The third-order valence-corrected chi connectivity index (χ3v) is 5.55. The molecule has 4 rings (SSSR count). The van der Waals surface area contributed by atoms with Gasteiger partial charge in [-0.15, -0.1) is 0 Å². The summed E-state index contributed by atoms with van der Waals surface area (Å²) in [6, 6.07) is 12.1. The van der Waals surface area contributed by atoms with Gasteiger partial charge < -0.3 is 19.8 Å². The zero-order chi connectivity index (χ0) is 19.7. The molecule has 1 aromatic heterocycles. The lowest BCUT2D eigenvalue weighted by atomic mass is 9.99. The second kappa shape index (κ2) is 7.69. The number of thioether (sulfide) groups is 1. The Morgan fingerprint density at radius 2 is 2.07 bits per heavy atom. The number of nitrogens with one attached hydrogen (secondary N) is 2. The second-order valence-corrected chi connectivity index (χ2v) is 7.88. The summed E-state index contributed by atoms with van der Waals surface area (Å²) in [4.78, 5) is 15.8. The van der Waals surface area contributed by atoms with E-state index in [0.29, 0.717) is 27.3 Å². The zero-order valence-electron chi connectivity index (χ0n) is 15.4. The maximum atomic E-state index is 12.0. The van der Waals surface area contributed by atoms with Gasteiger partial charge in [0, 0.05) is 17.3 Å². The zero-order valence-corrected chi connectivity index (χ0v) is 17.0. The number of thiocarbonyl (C=S) groups is 1. The SMILES string of the molecule is CCOc1c(OC)cc(C=C2SC(=S)NC2=O)cc1-c1ccc2[nH]ccc2c1. The van der Waals surface area contributed by atoms with Crippen molar-refractivity contribution in [1.29, 1.82) is 0 Å². The van der Waals surface area contributed by atoms with Crippen LogP contribution < -0.4 is 14.8 Å². The molecule has 2 heterocycles. The molecule has 1 aliphatic heterocycles. The minimum absolute atomic E-state index is 0.182. The van der Waals surface area contributed by atoms with Crippen molar-refractivity contribution in [2.75, 3.05) is 13.7 Å². The Bertz CT molecular complexity index is 1120. The largest absolute Gasteiger partial charge is 0.493 e. The summed E-state index contributed by atoms with van der Waals surface area (Å²) < 4.78 is 12.0. The van der Waals surface area contributed by atoms with E-state index in [0.717, 1.165) is 27.6 Å². The third-order valence-electron chi connectivity index (χ3n) is 4.39. The smallest absolute Gasteiger partial charge is 0.263 e. The van der Waals surface area contributed by atoms with Gasteiger partial charge >= 0.3 is 0 Å². The molecule has 0 saturated carbocycles. The van der Waals surface area contributed by atoms with Gasteiger partial charge in [0.2, 0.25) is 0 Å². The summed E-state index contributed by atoms with van der Waals surface area (Å²) in [6.07, 6.45) is 3.73. The number of H-pyrrole nitrogens is 1. The lowest BCUT2D eigenvalue weighted by Crippen LogP contribution is -2.17. The van der Waals surface area contributed by atoms with Crippen molar-refractivity contribution in [2.45, 2.75) is 6.92 Å². The van der Waals surface area contributed by atoms with Gasteiger partial charge in [-0.2, -0.15) is 0 Å². The molecule has 0 radical (unpaired) electrons. The first kappa shape index (κ1) is 18.6. The van der Waals surface area contributed by atoms with Gasteiger partial charge in [-0.05, 0) is 59.8 Å². The first-order valence-electron chi connectivity index (χ1n) is 8.76. The molecule has 3 aromatic rings. The van der Waals surface area contributed by atoms with Crippen molar-refractivity contribution < 1.29 is 14.3 Å². The predicted molar refractivity (Wildman–Crippen MR) is 118 cm³/mol. The summed E-state index contributed by atoms with van der Waals surface area (Å²) in [5.41, 5.74) is 3.82. The van der Waals surface area contributed by atoms with E-state index in [1.807, 2.05) is 49.5 Å². The van der Waals surface area contributed by atoms with Crippen LogP contribution in [0.3, 0.4) is 0 Å². The number of aromatic nitrogens is 1. The number of fused-ring (bicyclic) bond motifs is 1. The van der Waals surface area contributed by atoms with Crippen molar-refractivity contribution >= 4 is 51.2 Å². The Kier molecular flexibility index (Phi) is 5.11. The number of hydrogen-bond acceptors (Lipinski definition) is 5. The highest BCUT2D eigenvalue weighted by molar-refractivity contribution is 8.26. The first-order chi connectivity index (χ1) is 13.6. The number of carbonyl (C=O) groups excluding carboxylic acids is 1. The molecular formula is C21H18N2O3S2. The maximum Gasteiger partial charge on any atom is 0.263 e. The summed E-state index contributed by atoms with van der Waals surface area (Å²) in [7, 11) is 1.61. The molecule has 142 valence electrons. The number of methoxy groups -OCH3 is 1. The number of carbonyl (C=O) groups is 1. The van der Waals surface area contributed by atoms with Crippen LogP contribution in [0.4, 0.5) is 0 Å². The fourth-order valence-electron chi connectivity index (χ4n) is 3.16. The van der Waals surface area contributed by atoms with Crippen LogP contribution in [-0.2, 0) is 4.79 Å². The summed E-state index contributed by atoms with van der Waals surface area (Å²) >= 11 is 6.33. The van der Waals surface area contributed by atoms with E-state index in [9.17, 15) is 4.79 Å². The van der Waals surface area contributed by atoms with Crippen molar-refractivity contribution in [3.63, 3.8) is 0 Å². The van der Waals surface area contributed by atoms with Crippen LogP contribution in [-0.4, -0.2) is 28.9 Å². The minimum atomic E-state index is -0.182. The Balaban J connectivity index is 1.88. The number of amides is 1. The summed E-state index contributed by atoms with van der Waals surface area (Å²) in [6.45, 7) is 2.46. The van der Waals surface area contributed by atoms with Crippen LogP contribution in [0.25, 0.3) is 28.1 Å². The number of hydrogen-bond donors (Lipinski definition) is 2. The average molecular weight is 411 g/mol. The molecule has 1 saturated heterocycles. The monoisotopic (exact) mass is 410 g/mol. The maximum absolute atomic E-state index is 12.0. The number of benzene rings is 2. The molecule has 0 spiro atoms. The van der Waals surface area contributed by atoms with E-state index >= 15 is 0 Å². The highest BCUT2D eigenvalue weighted by Crippen LogP contribution is 2.41. The second-order valence-electron chi connectivity index (χ2n) is 6.16. The highest BCUT2D eigenvalue weighted by atomic mass is 32.2. The molecular weight excluding hydrogens is 392 g/mol. The highest BCUT2D eigenvalue weighted by Gasteiger charge is 2.23. The molecule has 1 amide bonds.